The lowest BCUT2D eigenvalue weighted by atomic mass is 9.82. The lowest BCUT2D eigenvalue weighted by molar-refractivity contribution is 0.333. The van der Waals surface area contributed by atoms with Crippen LogP contribution in [0.3, 0.4) is 0 Å². The highest BCUT2D eigenvalue weighted by Crippen LogP contribution is 2.28. The maximum atomic E-state index is 4.08. The maximum Gasteiger partial charge on any atom is 0.0270 e. The minimum atomic E-state index is 0.672. The molecule has 0 fully saturated rings. The van der Waals surface area contributed by atoms with Gasteiger partial charge in [0, 0.05) is 12.4 Å². The molecule has 1 aromatic heterocycles. The third kappa shape index (κ3) is 5.66. The summed E-state index contributed by atoms with van der Waals surface area (Å²) >= 11 is 0. The smallest absolute Gasteiger partial charge is 0.0270 e. The van der Waals surface area contributed by atoms with Gasteiger partial charge in [-0.25, -0.2) is 0 Å². The molecule has 101 valence electrons. The average molecular weight is 246 g/mol. The van der Waals surface area contributed by atoms with Gasteiger partial charge < -0.3 is 0 Å². The highest BCUT2D eigenvalue weighted by atomic mass is 14.6. The molecule has 1 aromatic rings. The van der Waals surface area contributed by atoms with Crippen molar-refractivity contribution in [3.63, 3.8) is 0 Å². The second kappa shape index (κ2) is 9.13. The van der Waals surface area contributed by atoms with Gasteiger partial charge in [-0.05, 0) is 36.0 Å². The normalized spacial score (nSPS) is 12.9. The summed E-state index contributed by atoms with van der Waals surface area (Å²) in [6, 6.07) is 4.21. The molecule has 0 aromatic carbocycles. The number of aromatic nitrogens is 1. The largest absolute Gasteiger partial charge is 0.265 e. The van der Waals surface area contributed by atoms with Crippen molar-refractivity contribution in [2.75, 3.05) is 0 Å². The fourth-order valence-corrected chi connectivity index (χ4v) is 2.52. The van der Waals surface area contributed by atoms with Crippen LogP contribution in [0.1, 0.15) is 64.9 Å². The Bertz CT molecular complexity index is 286. The number of rotatable bonds is 9. The SMILES string of the molecule is CCCCC(CCCC)C(C)[CH]c1ccncc1. The molecule has 0 spiro atoms. The van der Waals surface area contributed by atoms with Crippen LogP contribution in [-0.4, -0.2) is 4.98 Å². The molecule has 18 heavy (non-hydrogen) atoms. The molecule has 1 radical (unpaired) electrons. The van der Waals surface area contributed by atoms with E-state index in [0.717, 1.165) is 5.92 Å². The quantitative estimate of drug-likeness (QED) is 0.578. The lowest BCUT2D eigenvalue weighted by Crippen LogP contribution is -2.13. The van der Waals surface area contributed by atoms with E-state index in [2.05, 4.69) is 44.3 Å². The summed E-state index contributed by atoms with van der Waals surface area (Å²) in [4.78, 5) is 4.08. The summed E-state index contributed by atoms with van der Waals surface area (Å²) < 4.78 is 0. The molecule has 1 heterocycles. The van der Waals surface area contributed by atoms with E-state index in [1.54, 1.807) is 0 Å². The predicted molar refractivity (Wildman–Crippen MR) is 79.3 cm³/mol. The fourth-order valence-electron chi connectivity index (χ4n) is 2.52. The van der Waals surface area contributed by atoms with Gasteiger partial charge in [-0.1, -0.05) is 59.3 Å². The van der Waals surface area contributed by atoms with Crippen LogP contribution < -0.4 is 0 Å². The second-order valence-electron chi connectivity index (χ2n) is 5.35. The summed E-state index contributed by atoms with van der Waals surface area (Å²) in [6.45, 7) is 6.94. The van der Waals surface area contributed by atoms with Crippen molar-refractivity contribution in [2.45, 2.75) is 59.3 Å². The van der Waals surface area contributed by atoms with E-state index in [0.29, 0.717) is 5.92 Å². The van der Waals surface area contributed by atoms with E-state index in [-0.39, 0.29) is 0 Å². The molecule has 0 amide bonds. The van der Waals surface area contributed by atoms with E-state index < -0.39 is 0 Å². The number of nitrogens with zero attached hydrogens (tertiary/aromatic N) is 1. The predicted octanol–water partition coefficient (Wildman–Crippen LogP) is 5.27. The molecule has 1 unspecified atom stereocenters. The molecule has 0 saturated carbocycles. The Hall–Kier alpha value is -0.850. The zero-order valence-electron chi connectivity index (χ0n) is 12.2. The monoisotopic (exact) mass is 246 g/mol. The van der Waals surface area contributed by atoms with Crippen LogP contribution in [0.15, 0.2) is 24.5 Å². The highest BCUT2D eigenvalue weighted by molar-refractivity contribution is 5.20. The molecule has 1 nitrogen and oxygen atoms in total. The number of hydrogen-bond donors (Lipinski definition) is 0. The molecule has 0 aliphatic carbocycles. The van der Waals surface area contributed by atoms with E-state index in [1.807, 2.05) is 12.4 Å². The van der Waals surface area contributed by atoms with Gasteiger partial charge in [0.2, 0.25) is 0 Å². The Morgan fingerprint density at radius 3 is 2.11 bits per heavy atom. The van der Waals surface area contributed by atoms with E-state index in [4.69, 9.17) is 0 Å². The van der Waals surface area contributed by atoms with E-state index in [9.17, 15) is 0 Å². The molecule has 1 rings (SSSR count). The lowest BCUT2D eigenvalue weighted by Gasteiger charge is -2.23. The van der Waals surface area contributed by atoms with Crippen molar-refractivity contribution in [3.05, 3.63) is 36.5 Å². The van der Waals surface area contributed by atoms with Crippen molar-refractivity contribution in [1.29, 1.82) is 0 Å². The van der Waals surface area contributed by atoms with E-state index >= 15 is 0 Å². The summed E-state index contributed by atoms with van der Waals surface area (Å²) in [6.07, 6.45) is 14.3. The van der Waals surface area contributed by atoms with Gasteiger partial charge >= 0.3 is 0 Å². The number of hydrogen-bond acceptors (Lipinski definition) is 1. The number of pyridine rings is 1. The van der Waals surface area contributed by atoms with Crippen LogP contribution in [0.4, 0.5) is 0 Å². The van der Waals surface area contributed by atoms with Crippen LogP contribution in [0.25, 0.3) is 0 Å². The Morgan fingerprint density at radius 2 is 1.61 bits per heavy atom. The van der Waals surface area contributed by atoms with Crippen molar-refractivity contribution >= 4 is 0 Å². The third-order valence-electron chi connectivity index (χ3n) is 3.76. The van der Waals surface area contributed by atoms with Crippen molar-refractivity contribution < 1.29 is 0 Å². The van der Waals surface area contributed by atoms with Gasteiger partial charge in [-0.3, -0.25) is 4.98 Å². The highest BCUT2D eigenvalue weighted by Gasteiger charge is 2.17. The molecule has 0 saturated heterocycles. The van der Waals surface area contributed by atoms with Gasteiger partial charge in [0.05, 0.1) is 0 Å². The first-order valence-corrected chi connectivity index (χ1v) is 7.52. The summed E-state index contributed by atoms with van der Waals surface area (Å²) in [7, 11) is 0. The van der Waals surface area contributed by atoms with Gasteiger partial charge in [-0.15, -0.1) is 0 Å². The van der Waals surface area contributed by atoms with Crippen molar-refractivity contribution in [2.24, 2.45) is 11.8 Å². The first-order chi connectivity index (χ1) is 8.77. The molecule has 0 N–H and O–H groups in total. The summed E-state index contributed by atoms with van der Waals surface area (Å²) in [5.41, 5.74) is 1.32. The second-order valence-corrected chi connectivity index (χ2v) is 5.35. The Labute approximate surface area is 113 Å². The molecular formula is C17H28N. The molecule has 1 atom stereocenters. The van der Waals surface area contributed by atoms with Gasteiger partial charge in [0.15, 0.2) is 0 Å². The first-order valence-electron chi connectivity index (χ1n) is 7.52. The summed E-state index contributed by atoms with van der Waals surface area (Å²) in [5.74, 6) is 1.52. The molecule has 0 aliphatic rings. The van der Waals surface area contributed by atoms with Crippen LogP contribution in [0.5, 0.6) is 0 Å². The maximum absolute atomic E-state index is 4.08. The van der Waals surface area contributed by atoms with E-state index in [1.165, 1.54) is 44.1 Å². The van der Waals surface area contributed by atoms with Gasteiger partial charge in [0.1, 0.15) is 0 Å². The molecule has 0 bridgehead atoms. The topological polar surface area (TPSA) is 12.9 Å². The zero-order valence-corrected chi connectivity index (χ0v) is 12.2. The van der Waals surface area contributed by atoms with Crippen LogP contribution in [0, 0.1) is 18.3 Å². The Balaban J connectivity index is 2.49. The van der Waals surface area contributed by atoms with Gasteiger partial charge in [-0.2, -0.15) is 0 Å². The third-order valence-corrected chi connectivity index (χ3v) is 3.76. The minimum Gasteiger partial charge on any atom is -0.265 e. The Morgan fingerprint density at radius 1 is 1.06 bits per heavy atom. The van der Waals surface area contributed by atoms with Gasteiger partial charge in [0.25, 0.3) is 0 Å². The molecule has 1 heteroatoms. The molecular weight excluding hydrogens is 218 g/mol. The van der Waals surface area contributed by atoms with Crippen LogP contribution >= 0.6 is 0 Å². The zero-order chi connectivity index (χ0) is 13.2. The van der Waals surface area contributed by atoms with Crippen molar-refractivity contribution in [3.8, 4) is 0 Å². The number of unbranched alkanes of at least 4 members (excludes halogenated alkanes) is 2. The molecule has 0 aliphatic heterocycles. The van der Waals surface area contributed by atoms with Crippen LogP contribution in [-0.2, 0) is 0 Å². The minimum absolute atomic E-state index is 0.672. The van der Waals surface area contributed by atoms with Crippen molar-refractivity contribution in [1.82, 2.24) is 4.98 Å². The summed E-state index contributed by atoms with van der Waals surface area (Å²) in [5, 5.41) is 0. The standard InChI is InChI=1S/C17H28N/c1-4-6-8-17(9-7-5-2)15(3)14-16-10-12-18-13-11-16/h10-15,17H,4-9H2,1-3H3. The average Bonchev–Trinajstić information content (AvgIpc) is 2.40. The Kier molecular flexibility index (Phi) is 7.71. The fraction of sp³-hybridized carbons (Fsp3) is 0.647. The first kappa shape index (κ1) is 15.2. The van der Waals surface area contributed by atoms with Crippen LogP contribution in [0.2, 0.25) is 0 Å².